The van der Waals surface area contributed by atoms with Crippen molar-refractivity contribution in [3.8, 4) is 44.5 Å². The molecule has 0 bridgehead atoms. The first kappa shape index (κ1) is 37.5. The maximum Gasteiger partial charge on any atom is 0.0215 e. The van der Waals surface area contributed by atoms with Gasteiger partial charge < -0.3 is 0 Å². The fourth-order valence-corrected chi connectivity index (χ4v) is 13.4. The first-order chi connectivity index (χ1) is 30.6. The molecule has 10 aromatic rings. The number of hydrogen-bond donors (Lipinski definition) is 0. The summed E-state index contributed by atoms with van der Waals surface area (Å²) < 4.78 is 0. The number of fused-ring (bicyclic) bond motifs is 9. The van der Waals surface area contributed by atoms with Gasteiger partial charge >= 0.3 is 0 Å². The van der Waals surface area contributed by atoms with Crippen molar-refractivity contribution in [1.29, 1.82) is 0 Å². The molecule has 0 radical (unpaired) electrons. The Kier molecular flexibility index (Phi) is 8.56. The Labute approximate surface area is 366 Å². The van der Waals surface area contributed by atoms with Crippen LogP contribution in [0.1, 0.15) is 101 Å². The lowest BCUT2D eigenvalue weighted by Crippen LogP contribution is -2.25. The molecule has 0 spiro atoms. The first-order valence-electron chi connectivity index (χ1n) is 23.6. The summed E-state index contributed by atoms with van der Waals surface area (Å²) in [7, 11) is 0. The van der Waals surface area contributed by atoms with E-state index in [1.165, 1.54) is 121 Å². The van der Waals surface area contributed by atoms with Gasteiger partial charge in [-0.05, 0) is 158 Å². The minimum atomic E-state index is 0.00370. The van der Waals surface area contributed by atoms with Gasteiger partial charge in [0, 0.05) is 10.8 Å². The molecule has 0 nitrogen and oxygen atoms in total. The van der Waals surface area contributed by atoms with E-state index in [1.54, 1.807) is 0 Å². The third-order valence-corrected chi connectivity index (χ3v) is 15.5. The third-order valence-electron chi connectivity index (χ3n) is 15.5. The fourth-order valence-electron chi connectivity index (χ4n) is 13.4. The zero-order chi connectivity index (χ0) is 41.7. The van der Waals surface area contributed by atoms with Crippen LogP contribution in [0.15, 0.2) is 158 Å². The Balaban J connectivity index is 1.25. The Morgan fingerprint density at radius 2 is 0.661 bits per heavy atom. The van der Waals surface area contributed by atoms with Crippen LogP contribution in [0.4, 0.5) is 0 Å². The van der Waals surface area contributed by atoms with E-state index in [1.807, 2.05) is 0 Å². The molecular formula is C62H54. The van der Waals surface area contributed by atoms with E-state index in [-0.39, 0.29) is 10.8 Å². The summed E-state index contributed by atoms with van der Waals surface area (Å²) in [5.74, 6) is 0. The van der Waals surface area contributed by atoms with Crippen LogP contribution in [0.25, 0.3) is 98.4 Å². The molecule has 2 aliphatic carbocycles. The summed E-state index contributed by atoms with van der Waals surface area (Å²) in [6, 6.07) is 61.9. The molecule has 0 amide bonds. The molecule has 0 aliphatic heterocycles. The van der Waals surface area contributed by atoms with Crippen molar-refractivity contribution in [3.63, 3.8) is 0 Å². The van der Waals surface area contributed by atoms with Crippen LogP contribution < -0.4 is 0 Å². The SMILES string of the molecule is CCCC1(CCC)c2ccccc2-c2ccc(-c3c4cccc5cccc(c6c(-c7ccc8c(c7)C(CCC)(CCC)c7ccccc7-8)c7cccc8cccc(c36)c87)c54)cc21. The van der Waals surface area contributed by atoms with Crippen LogP contribution in [0.5, 0.6) is 0 Å². The highest BCUT2D eigenvalue weighted by Crippen LogP contribution is 2.58. The molecule has 62 heavy (non-hydrogen) atoms. The predicted molar refractivity (Wildman–Crippen MR) is 268 cm³/mol. The maximum absolute atomic E-state index is 2.64. The zero-order valence-electron chi connectivity index (χ0n) is 36.7. The Morgan fingerprint density at radius 3 is 1.05 bits per heavy atom. The van der Waals surface area contributed by atoms with Gasteiger partial charge in [0.25, 0.3) is 0 Å². The normalized spacial score (nSPS) is 14.6. The highest BCUT2D eigenvalue weighted by molar-refractivity contribution is 6.40. The molecule has 0 aromatic heterocycles. The molecule has 302 valence electrons. The van der Waals surface area contributed by atoms with E-state index >= 15 is 0 Å². The lowest BCUT2D eigenvalue weighted by Gasteiger charge is -2.32. The summed E-state index contributed by atoms with van der Waals surface area (Å²) in [5.41, 5.74) is 17.1. The number of rotatable bonds is 10. The van der Waals surface area contributed by atoms with Crippen LogP contribution in [0.2, 0.25) is 0 Å². The third kappa shape index (κ3) is 4.96. The molecule has 0 saturated heterocycles. The molecule has 10 aromatic carbocycles. The highest BCUT2D eigenvalue weighted by Gasteiger charge is 2.43. The number of benzene rings is 10. The Hall–Kier alpha value is -6.24. The van der Waals surface area contributed by atoms with Gasteiger partial charge in [0.1, 0.15) is 0 Å². The minimum Gasteiger partial charge on any atom is -0.0653 e. The second-order valence-electron chi connectivity index (χ2n) is 18.7. The monoisotopic (exact) mass is 798 g/mol. The van der Waals surface area contributed by atoms with Crippen molar-refractivity contribution >= 4 is 53.9 Å². The zero-order valence-corrected chi connectivity index (χ0v) is 36.7. The van der Waals surface area contributed by atoms with E-state index in [0.29, 0.717) is 0 Å². The standard InChI is InChI=1S/C62H54/c1-5-33-61(34-6-2)51-27-11-9-21-43(51)45-31-29-41(37-53(45)61)57-47-23-13-17-39-19-16-26-50(55(39)47)60-58(48-24-14-18-40-20-15-25-49(56(40)48)59(57)60)42-30-32-46-44-22-10-12-28-52(44)62(35-7-3,36-8-4)54(46)38-42/h9-32,37-38H,5-8,33-36H2,1-4H3. The Bertz CT molecular complexity index is 3160. The highest BCUT2D eigenvalue weighted by atomic mass is 14.5. The van der Waals surface area contributed by atoms with Crippen LogP contribution in [-0.4, -0.2) is 0 Å². The van der Waals surface area contributed by atoms with Crippen molar-refractivity contribution in [2.45, 2.75) is 89.9 Å². The molecule has 0 N–H and O–H groups in total. The second kappa shape index (κ2) is 14.1. The van der Waals surface area contributed by atoms with E-state index in [4.69, 9.17) is 0 Å². The van der Waals surface area contributed by atoms with Gasteiger partial charge in [-0.15, -0.1) is 0 Å². The molecule has 0 atom stereocenters. The molecule has 0 saturated carbocycles. The van der Waals surface area contributed by atoms with E-state index in [9.17, 15) is 0 Å². The lowest BCUT2D eigenvalue weighted by molar-refractivity contribution is 0.436. The Morgan fingerprint density at radius 1 is 0.306 bits per heavy atom. The lowest BCUT2D eigenvalue weighted by atomic mass is 9.70. The predicted octanol–water partition coefficient (Wildman–Crippen LogP) is 18.0. The first-order valence-corrected chi connectivity index (χ1v) is 23.6. The molecule has 0 heteroatoms. The fraction of sp³-hybridized carbons (Fsp3) is 0.226. The van der Waals surface area contributed by atoms with Gasteiger partial charge in [-0.25, -0.2) is 0 Å². The van der Waals surface area contributed by atoms with Crippen molar-refractivity contribution < 1.29 is 0 Å². The molecular weight excluding hydrogens is 745 g/mol. The summed E-state index contributed by atoms with van der Waals surface area (Å²) >= 11 is 0. The largest absolute Gasteiger partial charge is 0.0653 e. The topological polar surface area (TPSA) is 0 Å². The van der Waals surface area contributed by atoms with Crippen molar-refractivity contribution in [3.05, 3.63) is 180 Å². The van der Waals surface area contributed by atoms with Gasteiger partial charge in [0.15, 0.2) is 0 Å². The smallest absolute Gasteiger partial charge is 0.0215 e. The molecule has 0 heterocycles. The van der Waals surface area contributed by atoms with Gasteiger partial charge in [-0.1, -0.05) is 199 Å². The summed E-state index contributed by atoms with van der Waals surface area (Å²) in [5, 5.41) is 13.5. The maximum atomic E-state index is 2.64. The van der Waals surface area contributed by atoms with E-state index in [0.717, 1.165) is 51.4 Å². The summed E-state index contributed by atoms with van der Waals surface area (Å²) in [6.07, 6.45) is 9.21. The van der Waals surface area contributed by atoms with Gasteiger partial charge in [-0.3, -0.25) is 0 Å². The average molecular weight is 799 g/mol. The van der Waals surface area contributed by atoms with Crippen LogP contribution in [-0.2, 0) is 10.8 Å². The van der Waals surface area contributed by atoms with Crippen LogP contribution >= 0.6 is 0 Å². The van der Waals surface area contributed by atoms with Crippen molar-refractivity contribution in [1.82, 2.24) is 0 Å². The average Bonchev–Trinajstić information content (AvgIpc) is 3.73. The summed E-state index contributed by atoms with van der Waals surface area (Å²) in [4.78, 5) is 0. The van der Waals surface area contributed by atoms with E-state index < -0.39 is 0 Å². The van der Waals surface area contributed by atoms with Crippen molar-refractivity contribution in [2.24, 2.45) is 0 Å². The number of hydrogen-bond acceptors (Lipinski definition) is 0. The van der Waals surface area contributed by atoms with Crippen LogP contribution in [0, 0.1) is 0 Å². The molecule has 12 rings (SSSR count). The second-order valence-corrected chi connectivity index (χ2v) is 18.7. The minimum absolute atomic E-state index is 0.00370. The van der Waals surface area contributed by atoms with Crippen LogP contribution in [0.3, 0.4) is 0 Å². The quantitative estimate of drug-likeness (QED) is 0.0955. The molecule has 0 fully saturated rings. The summed E-state index contributed by atoms with van der Waals surface area (Å²) in [6.45, 7) is 9.48. The van der Waals surface area contributed by atoms with Gasteiger partial charge in [0.2, 0.25) is 0 Å². The van der Waals surface area contributed by atoms with Gasteiger partial charge in [-0.2, -0.15) is 0 Å². The van der Waals surface area contributed by atoms with Gasteiger partial charge in [0.05, 0.1) is 0 Å². The molecule has 2 aliphatic rings. The van der Waals surface area contributed by atoms with E-state index in [2.05, 4.69) is 185 Å². The molecule has 0 unspecified atom stereocenters. The van der Waals surface area contributed by atoms with Crippen molar-refractivity contribution in [2.75, 3.05) is 0 Å².